The van der Waals surface area contributed by atoms with E-state index in [9.17, 15) is 9.59 Å². The Morgan fingerprint density at radius 3 is 2.59 bits per heavy atom. The molecule has 8 heteroatoms. The second kappa shape index (κ2) is 8.31. The first kappa shape index (κ1) is 18.4. The highest BCUT2D eigenvalue weighted by molar-refractivity contribution is 5.96. The maximum absolute atomic E-state index is 12.5. The number of benzene rings is 1. The predicted molar refractivity (Wildman–Crippen MR) is 102 cm³/mol. The van der Waals surface area contributed by atoms with Crippen LogP contribution >= 0.6 is 0 Å². The van der Waals surface area contributed by atoms with Gasteiger partial charge in [0, 0.05) is 30.9 Å². The van der Waals surface area contributed by atoms with Crippen LogP contribution in [0.15, 0.2) is 54.9 Å². The third-order valence-electron chi connectivity index (χ3n) is 3.90. The van der Waals surface area contributed by atoms with E-state index in [1.54, 1.807) is 21.6 Å². The lowest BCUT2D eigenvalue weighted by atomic mass is 10.2. The molecule has 0 spiro atoms. The van der Waals surface area contributed by atoms with Gasteiger partial charge < -0.3 is 10.6 Å². The van der Waals surface area contributed by atoms with E-state index in [1.165, 1.54) is 0 Å². The molecule has 1 aromatic carbocycles. The summed E-state index contributed by atoms with van der Waals surface area (Å²) in [4.78, 5) is 24.6. The number of hydrogen-bond acceptors (Lipinski definition) is 4. The summed E-state index contributed by atoms with van der Waals surface area (Å²) in [5, 5.41) is 14.1. The molecule has 2 aromatic heterocycles. The monoisotopic (exact) mass is 366 g/mol. The smallest absolute Gasteiger partial charge is 0.271 e. The van der Waals surface area contributed by atoms with E-state index in [0.717, 1.165) is 5.69 Å². The fourth-order valence-corrected chi connectivity index (χ4v) is 2.42. The van der Waals surface area contributed by atoms with Gasteiger partial charge in [-0.05, 0) is 18.2 Å². The number of carbonyl (C=O) groups excluding carboxylic acids is 2. The Kier molecular flexibility index (Phi) is 5.65. The van der Waals surface area contributed by atoms with Gasteiger partial charge in [0.25, 0.3) is 5.91 Å². The maximum Gasteiger partial charge on any atom is 0.271 e. The van der Waals surface area contributed by atoms with Gasteiger partial charge in [0.05, 0.1) is 12.2 Å². The molecule has 0 saturated carbocycles. The van der Waals surface area contributed by atoms with Crippen LogP contribution in [0.4, 0.5) is 5.82 Å². The predicted octanol–water partition coefficient (Wildman–Crippen LogP) is 2.09. The molecule has 2 amide bonds. The molecule has 0 unspecified atom stereocenters. The van der Waals surface area contributed by atoms with Crippen LogP contribution in [0.5, 0.6) is 0 Å². The molecule has 0 saturated heterocycles. The number of hydrogen-bond donors (Lipinski definition) is 2. The lowest BCUT2D eigenvalue weighted by Crippen LogP contribution is -2.27. The fraction of sp³-hybridized carbons (Fsp3) is 0.263. The van der Waals surface area contributed by atoms with Crippen LogP contribution < -0.4 is 10.6 Å². The molecule has 0 fully saturated rings. The minimum absolute atomic E-state index is 0.141. The second-order valence-corrected chi connectivity index (χ2v) is 6.33. The van der Waals surface area contributed by atoms with E-state index in [1.807, 2.05) is 56.4 Å². The molecule has 0 aliphatic heterocycles. The molecule has 27 heavy (non-hydrogen) atoms. The number of carbonyl (C=O) groups is 2. The van der Waals surface area contributed by atoms with Crippen LogP contribution in [0.3, 0.4) is 0 Å². The van der Waals surface area contributed by atoms with E-state index in [-0.39, 0.29) is 23.4 Å². The first-order valence-electron chi connectivity index (χ1n) is 8.76. The van der Waals surface area contributed by atoms with Gasteiger partial charge >= 0.3 is 0 Å². The van der Waals surface area contributed by atoms with Gasteiger partial charge in [-0.25, -0.2) is 4.68 Å². The summed E-state index contributed by atoms with van der Waals surface area (Å²) in [5.74, 6) is -0.179. The first-order valence-corrected chi connectivity index (χ1v) is 8.76. The zero-order chi connectivity index (χ0) is 19.2. The van der Waals surface area contributed by atoms with E-state index in [0.29, 0.717) is 18.9 Å². The van der Waals surface area contributed by atoms with Gasteiger partial charge in [0.2, 0.25) is 5.91 Å². The molecule has 2 heterocycles. The molecule has 8 nitrogen and oxygen atoms in total. The Labute approximate surface area is 157 Å². The van der Waals surface area contributed by atoms with Crippen molar-refractivity contribution in [1.29, 1.82) is 0 Å². The van der Waals surface area contributed by atoms with Crippen LogP contribution in [-0.4, -0.2) is 37.9 Å². The summed E-state index contributed by atoms with van der Waals surface area (Å²) < 4.78 is 3.29. The molecule has 2 N–H and O–H groups in total. The standard InChI is InChI=1S/C19H22N6O2/c1-14(2)18(26)22-17-13-16(23-25(17)15-7-4-3-5-8-15)19(27)20-10-12-24-11-6-9-21-24/h3-9,11,13-14H,10,12H2,1-2H3,(H,20,27)(H,22,26). The maximum atomic E-state index is 12.5. The number of aromatic nitrogens is 4. The average Bonchev–Trinajstić information content (AvgIpc) is 3.32. The summed E-state index contributed by atoms with van der Waals surface area (Å²) in [6.45, 7) is 4.60. The van der Waals surface area contributed by atoms with Crippen molar-refractivity contribution in [2.45, 2.75) is 20.4 Å². The van der Waals surface area contributed by atoms with Crippen molar-refractivity contribution in [3.63, 3.8) is 0 Å². The summed E-state index contributed by atoms with van der Waals surface area (Å²) >= 11 is 0. The van der Waals surface area contributed by atoms with Crippen LogP contribution in [0, 0.1) is 5.92 Å². The SMILES string of the molecule is CC(C)C(=O)Nc1cc(C(=O)NCCn2cccn2)nn1-c1ccccc1. The Morgan fingerprint density at radius 2 is 1.93 bits per heavy atom. The lowest BCUT2D eigenvalue weighted by molar-refractivity contribution is -0.118. The Balaban J connectivity index is 1.77. The molecule has 0 bridgehead atoms. The van der Waals surface area contributed by atoms with Gasteiger partial charge in [-0.15, -0.1) is 0 Å². The highest BCUT2D eigenvalue weighted by atomic mass is 16.2. The Bertz CT molecular complexity index is 900. The summed E-state index contributed by atoms with van der Waals surface area (Å²) in [6.07, 6.45) is 3.52. The Morgan fingerprint density at radius 1 is 1.15 bits per heavy atom. The number of anilines is 1. The number of nitrogens with zero attached hydrogens (tertiary/aromatic N) is 4. The van der Waals surface area contributed by atoms with E-state index >= 15 is 0 Å². The summed E-state index contributed by atoms with van der Waals surface area (Å²) in [6, 6.07) is 12.8. The normalized spacial score (nSPS) is 10.8. The lowest BCUT2D eigenvalue weighted by Gasteiger charge is -2.10. The number of rotatable bonds is 7. The quantitative estimate of drug-likeness (QED) is 0.669. The number of nitrogens with one attached hydrogen (secondary N) is 2. The zero-order valence-electron chi connectivity index (χ0n) is 15.3. The van der Waals surface area contributed by atoms with E-state index < -0.39 is 0 Å². The minimum Gasteiger partial charge on any atom is -0.349 e. The molecule has 0 aliphatic rings. The highest BCUT2D eigenvalue weighted by Gasteiger charge is 2.18. The minimum atomic E-state index is -0.308. The molecule has 3 aromatic rings. The van der Waals surface area contributed by atoms with Gasteiger partial charge in [-0.3, -0.25) is 14.3 Å². The van der Waals surface area contributed by atoms with Crippen molar-refractivity contribution < 1.29 is 9.59 Å². The van der Waals surface area contributed by atoms with E-state index in [2.05, 4.69) is 20.8 Å². The second-order valence-electron chi connectivity index (χ2n) is 6.33. The topological polar surface area (TPSA) is 93.8 Å². The zero-order valence-corrected chi connectivity index (χ0v) is 15.3. The average molecular weight is 366 g/mol. The molecule has 0 atom stereocenters. The Hall–Kier alpha value is -3.42. The van der Waals surface area contributed by atoms with Gasteiger partial charge in [-0.1, -0.05) is 32.0 Å². The van der Waals surface area contributed by atoms with Crippen LogP contribution in [-0.2, 0) is 11.3 Å². The van der Waals surface area contributed by atoms with Gasteiger partial charge in [0.1, 0.15) is 5.82 Å². The molecule has 3 rings (SSSR count). The summed E-state index contributed by atoms with van der Waals surface area (Å²) in [5.41, 5.74) is 0.991. The number of para-hydroxylation sites is 1. The van der Waals surface area contributed by atoms with Crippen molar-refractivity contribution in [2.24, 2.45) is 5.92 Å². The van der Waals surface area contributed by atoms with Crippen molar-refractivity contribution in [3.05, 3.63) is 60.6 Å². The molecule has 0 radical (unpaired) electrons. The first-order chi connectivity index (χ1) is 13.0. The number of amides is 2. The molecule has 140 valence electrons. The van der Waals surface area contributed by atoms with Crippen molar-refractivity contribution >= 4 is 17.6 Å². The van der Waals surface area contributed by atoms with Gasteiger partial charge in [0.15, 0.2) is 5.69 Å². The highest BCUT2D eigenvalue weighted by Crippen LogP contribution is 2.18. The van der Waals surface area contributed by atoms with Crippen molar-refractivity contribution in [2.75, 3.05) is 11.9 Å². The van der Waals surface area contributed by atoms with Crippen molar-refractivity contribution in [3.8, 4) is 5.69 Å². The largest absolute Gasteiger partial charge is 0.349 e. The van der Waals surface area contributed by atoms with E-state index in [4.69, 9.17) is 0 Å². The van der Waals surface area contributed by atoms with Crippen LogP contribution in [0.2, 0.25) is 0 Å². The fourth-order valence-electron chi connectivity index (χ4n) is 2.42. The van der Waals surface area contributed by atoms with Crippen LogP contribution in [0.25, 0.3) is 5.69 Å². The molecular weight excluding hydrogens is 344 g/mol. The van der Waals surface area contributed by atoms with Crippen molar-refractivity contribution in [1.82, 2.24) is 24.9 Å². The third kappa shape index (κ3) is 4.60. The third-order valence-corrected chi connectivity index (χ3v) is 3.90. The van der Waals surface area contributed by atoms with Gasteiger partial charge in [-0.2, -0.15) is 10.2 Å². The summed E-state index contributed by atoms with van der Waals surface area (Å²) in [7, 11) is 0. The molecule has 0 aliphatic carbocycles. The molecular formula is C19H22N6O2. The van der Waals surface area contributed by atoms with Crippen LogP contribution in [0.1, 0.15) is 24.3 Å².